The molecule has 0 saturated heterocycles. The van der Waals surface area contributed by atoms with E-state index in [2.05, 4.69) is 0 Å². The summed E-state index contributed by atoms with van der Waals surface area (Å²) in [4.78, 5) is 0. The Bertz CT molecular complexity index is 410. The van der Waals surface area contributed by atoms with E-state index >= 15 is 0 Å². The summed E-state index contributed by atoms with van der Waals surface area (Å²) in [6.07, 6.45) is 3.02. The summed E-state index contributed by atoms with van der Waals surface area (Å²) in [5.74, 6) is 0.612. The lowest BCUT2D eigenvalue weighted by Gasteiger charge is -2.04. The lowest BCUT2D eigenvalue weighted by Crippen LogP contribution is -1.94. The Morgan fingerprint density at radius 3 is 2.79 bits per heavy atom. The van der Waals surface area contributed by atoms with Crippen LogP contribution in [0.4, 0.5) is 0 Å². The first-order valence-electron chi connectivity index (χ1n) is 4.03. The highest BCUT2D eigenvalue weighted by atomic mass is 16.5. The van der Waals surface area contributed by atoms with Crippen molar-refractivity contribution in [3.05, 3.63) is 35.9 Å². The molecule has 1 rings (SSSR count). The minimum absolute atomic E-state index is 0.0113. The molecule has 0 aliphatic heterocycles. The van der Waals surface area contributed by atoms with Gasteiger partial charge in [-0.2, -0.15) is 10.5 Å². The normalized spacial score (nSPS) is 9.29. The Kier molecular flexibility index (Phi) is 3.79. The van der Waals surface area contributed by atoms with Gasteiger partial charge in [-0.3, -0.25) is 0 Å². The van der Waals surface area contributed by atoms with Crippen molar-refractivity contribution in [1.29, 1.82) is 10.5 Å². The van der Waals surface area contributed by atoms with E-state index in [9.17, 15) is 0 Å². The van der Waals surface area contributed by atoms with Crippen molar-refractivity contribution in [2.45, 2.75) is 0 Å². The molecule has 0 unspecified atom stereocenters. The second kappa shape index (κ2) is 5.40. The van der Waals surface area contributed by atoms with Crippen LogP contribution in [0.2, 0.25) is 0 Å². The number of nitrogens with zero attached hydrogens (tertiary/aromatic N) is 2. The van der Waals surface area contributed by atoms with E-state index in [4.69, 9.17) is 15.3 Å². The van der Waals surface area contributed by atoms with E-state index in [0.29, 0.717) is 5.75 Å². The van der Waals surface area contributed by atoms with E-state index in [1.807, 2.05) is 30.3 Å². The summed E-state index contributed by atoms with van der Waals surface area (Å²) in [6.45, 7) is 0.0113. The van der Waals surface area contributed by atoms with Crippen LogP contribution in [0.3, 0.4) is 0 Å². The topological polar surface area (TPSA) is 56.8 Å². The van der Waals surface area contributed by atoms with Crippen molar-refractivity contribution in [1.82, 2.24) is 0 Å². The molecule has 1 aromatic carbocycles. The van der Waals surface area contributed by atoms with Gasteiger partial charge in [0.25, 0.3) is 0 Å². The van der Waals surface area contributed by atoms with Crippen LogP contribution in [0.1, 0.15) is 5.56 Å². The molecule has 0 aromatic heterocycles. The molecule has 0 heterocycles. The molecule has 0 aliphatic rings. The van der Waals surface area contributed by atoms with Crippen LogP contribution in [0, 0.1) is 22.7 Å². The van der Waals surface area contributed by atoms with Crippen molar-refractivity contribution < 1.29 is 4.74 Å². The van der Waals surface area contributed by atoms with Gasteiger partial charge in [-0.25, -0.2) is 0 Å². The van der Waals surface area contributed by atoms with Crippen LogP contribution in [-0.2, 0) is 0 Å². The number of para-hydroxylation sites is 1. The second-order valence-electron chi connectivity index (χ2n) is 2.45. The summed E-state index contributed by atoms with van der Waals surface area (Å²) in [7, 11) is 0. The first kappa shape index (κ1) is 9.83. The third-order valence-electron chi connectivity index (χ3n) is 1.55. The zero-order valence-corrected chi connectivity index (χ0v) is 7.47. The van der Waals surface area contributed by atoms with E-state index in [1.54, 1.807) is 12.1 Å². The number of hydrogen-bond acceptors (Lipinski definition) is 3. The van der Waals surface area contributed by atoms with E-state index in [-0.39, 0.29) is 6.61 Å². The van der Waals surface area contributed by atoms with Crippen LogP contribution in [0.25, 0.3) is 6.08 Å². The van der Waals surface area contributed by atoms with E-state index in [1.165, 1.54) is 6.08 Å². The van der Waals surface area contributed by atoms with Gasteiger partial charge in [0, 0.05) is 11.6 Å². The fraction of sp³-hybridized carbons (Fsp3) is 0.0909. The number of nitriles is 2. The zero-order valence-electron chi connectivity index (χ0n) is 7.47. The maximum atomic E-state index is 8.36. The predicted octanol–water partition coefficient (Wildman–Crippen LogP) is 2.13. The van der Waals surface area contributed by atoms with Crippen molar-refractivity contribution in [3.63, 3.8) is 0 Å². The highest BCUT2D eigenvalue weighted by molar-refractivity contribution is 5.58. The van der Waals surface area contributed by atoms with Crippen molar-refractivity contribution in [2.75, 3.05) is 6.61 Å². The molecule has 0 fully saturated rings. The predicted molar refractivity (Wildman–Crippen MR) is 52.2 cm³/mol. The van der Waals surface area contributed by atoms with Gasteiger partial charge < -0.3 is 4.74 Å². The molecule has 0 radical (unpaired) electrons. The van der Waals surface area contributed by atoms with Gasteiger partial charge >= 0.3 is 0 Å². The van der Waals surface area contributed by atoms with Crippen LogP contribution in [0.5, 0.6) is 5.75 Å². The Balaban J connectivity index is 2.87. The quantitative estimate of drug-likeness (QED) is 0.676. The molecule has 0 N–H and O–H groups in total. The first-order chi connectivity index (χ1) is 6.88. The lowest BCUT2D eigenvalue weighted by molar-refractivity contribution is 0.367. The zero-order chi connectivity index (χ0) is 10.2. The molecule has 3 nitrogen and oxygen atoms in total. The standard InChI is InChI=1S/C11H8N2O/c12-7-3-5-10-4-1-2-6-11(10)14-9-8-13/h1-6H,9H2/b5-3+. The fourth-order valence-corrected chi connectivity index (χ4v) is 0.987. The maximum Gasteiger partial charge on any atom is 0.174 e. The molecule has 68 valence electrons. The molecule has 0 bridgehead atoms. The highest BCUT2D eigenvalue weighted by Gasteiger charge is 1.97. The Morgan fingerprint density at radius 2 is 2.07 bits per heavy atom. The lowest BCUT2D eigenvalue weighted by atomic mass is 10.2. The number of hydrogen-bond donors (Lipinski definition) is 0. The van der Waals surface area contributed by atoms with Gasteiger partial charge in [0.05, 0.1) is 6.07 Å². The van der Waals surface area contributed by atoms with Gasteiger partial charge in [-0.15, -0.1) is 0 Å². The molecule has 0 atom stereocenters. The minimum Gasteiger partial charge on any atom is -0.478 e. The number of benzene rings is 1. The Morgan fingerprint density at radius 1 is 1.29 bits per heavy atom. The average Bonchev–Trinajstić information content (AvgIpc) is 2.24. The van der Waals surface area contributed by atoms with E-state index in [0.717, 1.165) is 5.56 Å². The van der Waals surface area contributed by atoms with Gasteiger partial charge in [-0.05, 0) is 12.1 Å². The first-order valence-corrected chi connectivity index (χ1v) is 4.03. The summed E-state index contributed by atoms with van der Waals surface area (Å²) in [6, 6.07) is 11.0. The van der Waals surface area contributed by atoms with Crippen LogP contribution in [0.15, 0.2) is 30.3 Å². The number of allylic oxidation sites excluding steroid dienone is 1. The van der Waals surface area contributed by atoms with Gasteiger partial charge in [0.1, 0.15) is 11.8 Å². The fourth-order valence-electron chi connectivity index (χ4n) is 0.987. The number of ether oxygens (including phenoxy) is 1. The summed E-state index contributed by atoms with van der Waals surface area (Å²) in [5, 5.41) is 16.7. The van der Waals surface area contributed by atoms with Crippen LogP contribution >= 0.6 is 0 Å². The summed E-state index contributed by atoms with van der Waals surface area (Å²) >= 11 is 0. The van der Waals surface area contributed by atoms with Crippen molar-refractivity contribution in [2.24, 2.45) is 0 Å². The second-order valence-corrected chi connectivity index (χ2v) is 2.45. The third kappa shape index (κ3) is 2.66. The summed E-state index contributed by atoms with van der Waals surface area (Å²) < 4.78 is 5.16. The molecule has 0 amide bonds. The smallest absolute Gasteiger partial charge is 0.174 e. The molecule has 0 spiro atoms. The highest BCUT2D eigenvalue weighted by Crippen LogP contribution is 2.18. The number of rotatable bonds is 3. The van der Waals surface area contributed by atoms with Crippen molar-refractivity contribution >= 4 is 6.08 Å². The molecular formula is C11H8N2O. The Hall–Kier alpha value is -2.26. The average molecular weight is 184 g/mol. The maximum absolute atomic E-state index is 8.36. The monoisotopic (exact) mass is 184 g/mol. The Labute approximate surface area is 82.5 Å². The molecular weight excluding hydrogens is 176 g/mol. The third-order valence-corrected chi connectivity index (χ3v) is 1.55. The van der Waals surface area contributed by atoms with E-state index < -0.39 is 0 Å². The molecule has 3 heteroatoms. The molecule has 1 aromatic rings. The largest absolute Gasteiger partial charge is 0.478 e. The SMILES string of the molecule is N#C/C=C/c1ccccc1OCC#N. The van der Waals surface area contributed by atoms with Gasteiger partial charge in [0.15, 0.2) is 6.61 Å². The van der Waals surface area contributed by atoms with Gasteiger partial charge in [0.2, 0.25) is 0 Å². The summed E-state index contributed by atoms with van der Waals surface area (Å²) in [5.41, 5.74) is 0.796. The molecule has 0 saturated carbocycles. The van der Waals surface area contributed by atoms with Gasteiger partial charge in [-0.1, -0.05) is 18.2 Å². The van der Waals surface area contributed by atoms with Crippen LogP contribution < -0.4 is 4.74 Å². The molecule has 0 aliphatic carbocycles. The van der Waals surface area contributed by atoms with Crippen LogP contribution in [-0.4, -0.2) is 6.61 Å². The minimum atomic E-state index is 0.0113. The van der Waals surface area contributed by atoms with Crippen molar-refractivity contribution in [3.8, 4) is 17.9 Å². The molecule has 14 heavy (non-hydrogen) atoms.